The van der Waals surface area contributed by atoms with Crippen molar-refractivity contribution in [1.29, 1.82) is 0 Å². The predicted octanol–water partition coefficient (Wildman–Crippen LogP) is 2.92. The van der Waals surface area contributed by atoms with E-state index in [0.29, 0.717) is 20.5 Å². The fourth-order valence-corrected chi connectivity index (χ4v) is 7.39. The number of thiophene rings is 1. The number of halogens is 1. The zero-order valence-electron chi connectivity index (χ0n) is 11.3. The fourth-order valence-electron chi connectivity index (χ4n) is 2.40. The molecule has 114 valence electrons. The van der Waals surface area contributed by atoms with Crippen molar-refractivity contribution in [2.45, 2.75) is 48.9 Å². The van der Waals surface area contributed by atoms with Gasteiger partial charge >= 0.3 is 0 Å². The molecular formula is C12H19BrN2O2S3. The molecule has 0 bridgehead atoms. The molecule has 2 unspecified atom stereocenters. The van der Waals surface area contributed by atoms with E-state index < -0.39 is 10.0 Å². The Hall–Kier alpha value is 0.400. The first-order valence-electron chi connectivity index (χ1n) is 6.58. The van der Waals surface area contributed by atoms with Crippen LogP contribution in [0.4, 0.5) is 0 Å². The Morgan fingerprint density at radius 2 is 2.30 bits per heavy atom. The smallest absolute Gasteiger partial charge is 0.242 e. The van der Waals surface area contributed by atoms with E-state index >= 15 is 0 Å². The van der Waals surface area contributed by atoms with Crippen LogP contribution < -0.4 is 10.5 Å². The Bertz CT molecular complexity index is 559. The summed E-state index contributed by atoms with van der Waals surface area (Å²) in [5.41, 5.74) is 5.56. The highest BCUT2D eigenvalue weighted by atomic mass is 79.9. The number of sulfonamides is 1. The summed E-state index contributed by atoms with van der Waals surface area (Å²) in [4.78, 5) is 1.18. The number of hydrogen-bond donors (Lipinski definition) is 2. The predicted molar refractivity (Wildman–Crippen MR) is 89.8 cm³/mol. The van der Waals surface area contributed by atoms with Crippen LogP contribution in [0.1, 0.15) is 31.1 Å². The normalized spacial score (nSPS) is 23.4. The largest absolute Gasteiger partial charge is 0.326 e. The molecule has 0 aliphatic heterocycles. The van der Waals surface area contributed by atoms with Crippen LogP contribution in [0, 0.1) is 0 Å². The number of thioether (sulfide) groups is 1. The Morgan fingerprint density at radius 1 is 1.55 bits per heavy atom. The average Bonchev–Trinajstić information content (AvgIpc) is 2.96. The molecule has 1 aliphatic carbocycles. The lowest BCUT2D eigenvalue weighted by molar-refractivity contribution is 0.552. The summed E-state index contributed by atoms with van der Waals surface area (Å²) in [7, 11) is -3.45. The fraction of sp³-hybridized carbons (Fsp3) is 0.667. The molecule has 1 fully saturated rings. The highest BCUT2D eigenvalue weighted by molar-refractivity contribution is 9.11. The van der Waals surface area contributed by atoms with Gasteiger partial charge in [0.05, 0.1) is 3.79 Å². The van der Waals surface area contributed by atoms with Gasteiger partial charge in [0.25, 0.3) is 0 Å². The lowest BCUT2D eigenvalue weighted by atomic mass is 10.3. The molecule has 2 rings (SSSR count). The first kappa shape index (κ1) is 16.8. The summed E-state index contributed by atoms with van der Waals surface area (Å²) >= 11 is 6.61. The SMILES string of the molecule is CCSC1CCC(NS(=O)(=O)c2cc(CN)sc2Br)C1. The summed E-state index contributed by atoms with van der Waals surface area (Å²) in [5, 5.41) is 0.582. The second-order valence-electron chi connectivity index (χ2n) is 4.76. The summed E-state index contributed by atoms with van der Waals surface area (Å²) in [6, 6.07) is 1.71. The van der Waals surface area contributed by atoms with E-state index in [1.54, 1.807) is 6.07 Å². The van der Waals surface area contributed by atoms with E-state index in [2.05, 4.69) is 27.6 Å². The van der Waals surface area contributed by atoms with Gasteiger partial charge in [-0.3, -0.25) is 0 Å². The third-order valence-electron chi connectivity index (χ3n) is 3.31. The molecule has 1 saturated carbocycles. The minimum atomic E-state index is -3.45. The minimum absolute atomic E-state index is 0.0529. The van der Waals surface area contributed by atoms with Gasteiger partial charge in [0.1, 0.15) is 4.90 Å². The van der Waals surface area contributed by atoms with Crippen LogP contribution in [0.2, 0.25) is 0 Å². The first-order valence-corrected chi connectivity index (χ1v) is 10.7. The molecule has 8 heteroatoms. The summed E-state index contributed by atoms with van der Waals surface area (Å²) in [6.45, 7) is 2.50. The Kier molecular flexibility index (Phi) is 5.96. The van der Waals surface area contributed by atoms with Crippen molar-refractivity contribution in [3.05, 3.63) is 14.7 Å². The molecule has 1 aromatic heterocycles. The van der Waals surface area contributed by atoms with Crippen molar-refractivity contribution >= 4 is 49.1 Å². The standard InChI is InChI=1S/C12H19BrN2O2S3/c1-2-18-9-4-3-8(5-9)15-20(16,17)11-6-10(7-14)19-12(11)13/h6,8-9,15H,2-5,7,14H2,1H3. The van der Waals surface area contributed by atoms with Crippen LogP contribution in [0.3, 0.4) is 0 Å². The monoisotopic (exact) mass is 398 g/mol. The third kappa shape index (κ3) is 3.98. The van der Waals surface area contributed by atoms with E-state index in [-0.39, 0.29) is 6.04 Å². The Balaban J connectivity index is 2.06. The Labute approximate surface area is 137 Å². The number of nitrogens with one attached hydrogen (secondary N) is 1. The zero-order chi connectivity index (χ0) is 14.8. The van der Waals surface area contributed by atoms with E-state index in [1.807, 2.05) is 11.8 Å². The van der Waals surface area contributed by atoms with E-state index in [0.717, 1.165) is 29.9 Å². The first-order chi connectivity index (χ1) is 9.46. The molecule has 1 aromatic rings. The second kappa shape index (κ2) is 7.11. The van der Waals surface area contributed by atoms with Gasteiger partial charge in [0, 0.05) is 22.7 Å². The topological polar surface area (TPSA) is 72.2 Å². The maximum absolute atomic E-state index is 12.4. The van der Waals surface area contributed by atoms with Crippen LogP contribution in [-0.4, -0.2) is 25.5 Å². The average molecular weight is 399 g/mol. The maximum atomic E-state index is 12.4. The molecule has 1 aliphatic rings. The van der Waals surface area contributed by atoms with Gasteiger partial charge < -0.3 is 5.73 Å². The highest BCUT2D eigenvalue weighted by Crippen LogP contribution is 2.34. The van der Waals surface area contributed by atoms with Crippen LogP contribution in [0.15, 0.2) is 14.7 Å². The zero-order valence-corrected chi connectivity index (χ0v) is 15.3. The highest BCUT2D eigenvalue weighted by Gasteiger charge is 2.30. The van der Waals surface area contributed by atoms with Crippen molar-refractivity contribution in [3.63, 3.8) is 0 Å². The molecule has 0 radical (unpaired) electrons. The lowest BCUT2D eigenvalue weighted by Gasteiger charge is -2.13. The van der Waals surface area contributed by atoms with Crippen molar-refractivity contribution < 1.29 is 8.42 Å². The molecule has 0 aromatic carbocycles. The second-order valence-corrected chi connectivity index (χ2v) is 10.5. The molecule has 3 N–H and O–H groups in total. The van der Waals surface area contributed by atoms with E-state index in [1.165, 1.54) is 11.3 Å². The molecule has 20 heavy (non-hydrogen) atoms. The number of nitrogens with two attached hydrogens (primary N) is 1. The minimum Gasteiger partial charge on any atom is -0.326 e. The van der Waals surface area contributed by atoms with Crippen molar-refractivity contribution in [1.82, 2.24) is 4.72 Å². The number of rotatable bonds is 6. The van der Waals surface area contributed by atoms with Crippen molar-refractivity contribution in [2.75, 3.05) is 5.75 Å². The van der Waals surface area contributed by atoms with Gasteiger partial charge in [-0.1, -0.05) is 6.92 Å². The molecular weight excluding hydrogens is 380 g/mol. The van der Waals surface area contributed by atoms with Gasteiger partial charge in [-0.2, -0.15) is 11.8 Å². The van der Waals surface area contributed by atoms with Gasteiger partial charge in [0.15, 0.2) is 0 Å². The van der Waals surface area contributed by atoms with Crippen LogP contribution >= 0.6 is 39.0 Å². The third-order valence-corrected chi connectivity index (χ3v) is 8.33. The molecule has 4 nitrogen and oxygen atoms in total. The van der Waals surface area contributed by atoms with Crippen LogP contribution in [0.25, 0.3) is 0 Å². The lowest BCUT2D eigenvalue weighted by Crippen LogP contribution is -2.33. The van der Waals surface area contributed by atoms with Gasteiger partial charge in [-0.05, 0) is 47.0 Å². The van der Waals surface area contributed by atoms with Gasteiger partial charge in [-0.25, -0.2) is 13.1 Å². The molecule has 0 spiro atoms. The Morgan fingerprint density at radius 3 is 2.90 bits per heavy atom. The quantitative estimate of drug-likeness (QED) is 0.772. The number of hydrogen-bond acceptors (Lipinski definition) is 5. The molecule has 1 heterocycles. The van der Waals surface area contributed by atoms with Crippen LogP contribution in [0.5, 0.6) is 0 Å². The summed E-state index contributed by atoms with van der Waals surface area (Å²) in [5.74, 6) is 1.08. The van der Waals surface area contributed by atoms with Crippen LogP contribution in [-0.2, 0) is 16.6 Å². The molecule has 0 amide bonds. The van der Waals surface area contributed by atoms with E-state index in [9.17, 15) is 8.42 Å². The molecule has 2 atom stereocenters. The van der Waals surface area contributed by atoms with E-state index in [4.69, 9.17) is 5.73 Å². The van der Waals surface area contributed by atoms with Crippen molar-refractivity contribution in [2.24, 2.45) is 5.73 Å². The summed E-state index contributed by atoms with van der Waals surface area (Å²) < 4.78 is 28.3. The maximum Gasteiger partial charge on any atom is 0.242 e. The van der Waals surface area contributed by atoms with Gasteiger partial charge in [0.2, 0.25) is 10.0 Å². The summed E-state index contributed by atoms with van der Waals surface area (Å²) in [6.07, 6.45) is 2.93. The van der Waals surface area contributed by atoms with Gasteiger partial charge in [-0.15, -0.1) is 11.3 Å². The van der Waals surface area contributed by atoms with Crippen molar-refractivity contribution in [3.8, 4) is 0 Å². The molecule has 0 saturated heterocycles.